The van der Waals surface area contributed by atoms with E-state index in [1.165, 1.54) is 32.1 Å². The number of rotatable bonds is 6. The minimum atomic E-state index is -0.911. The SMILES string of the molecule is CC(O)(CNC(=O)C=CC1CCCCC1)CN1CCOCC1. The van der Waals surface area contributed by atoms with Crippen molar-refractivity contribution in [1.82, 2.24) is 10.2 Å². The van der Waals surface area contributed by atoms with Gasteiger partial charge in [0.2, 0.25) is 5.91 Å². The first-order chi connectivity index (χ1) is 10.6. The first-order valence-corrected chi connectivity index (χ1v) is 8.54. The minimum Gasteiger partial charge on any atom is -0.387 e. The van der Waals surface area contributed by atoms with Crippen LogP contribution in [0.3, 0.4) is 0 Å². The van der Waals surface area contributed by atoms with E-state index in [1.807, 2.05) is 6.08 Å². The summed E-state index contributed by atoms with van der Waals surface area (Å²) in [5.41, 5.74) is -0.911. The zero-order chi connectivity index (χ0) is 15.8. The third kappa shape index (κ3) is 6.46. The zero-order valence-corrected chi connectivity index (χ0v) is 13.7. The summed E-state index contributed by atoms with van der Waals surface area (Å²) >= 11 is 0. The smallest absolute Gasteiger partial charge is 0.243 e. The van der Waals surface area contributed by atoms with Crippen LogP contribution in [0.5, 0.6) is 0 Å². The van der Waals surface area contributed by atoms with E-state index in [4.69, 9.17) is 4.74 Å². The number of β-amino-alcohol motifs (C(OH)–C–C–N with tert-alkyl or cyclic N) is 1. The van der Waals surface area contributed by atoms with Gasteiger partial charge in [-0.3, -0.25) is 9.69 Å². The van der Waals surface area contributed by atoms with Crippen molar-refractivity contribution in [3.63, 3.8) is 0 Å². The number of morpholine rings is 1. The number of carbonyl (C=O) groups is 1. The van der Waals surface area contributed by atoms with Gasteiger partial charge < -0.3 is 15.2 Å². The molecule has 0 spiro atoms. The summed E-state index contributed by atoms with van der Waals surface area (Å²) in [5, 5.41) is 13.2. The van der Waals surface area contributed by atoms with E-state index in [1.54, 1.807) is 13.0 Å². The van der Waals surface area contributed by atoms with Crippen LogP contribution in [-0.4, -0.2) is 60.9 Å². The Labute approximate surface area is 133 Å². The molecule has 1 saturated carbocycles. The Bertz CT molecular complexity index is 370. The first-order valence-electron chi connectivity index (χ1n) is 8.54. The summed E-state index contributed by atoms with van der Waals surface area (Å²) in [7, 11) is 0. The van der Waals surface area contributed by atoms with Crippen LogP contribution in [0.1, 0.15) is 39.0 Å². The Morgan fingerprint density at radius 1 is 1.32 bits per heavy atom. The lowest BCUT2D eigenvalue weighted by atomic mass is 9.89. The second kappa shape index (κ2) is 8.65. The molecule has 0 bridgehead atoms. The molecule has 0 radical (unpaired) electrons. The molecule has 5 heteroatoms. The molecule has 2 fully saturated rings. The lowest BCUT2D eigenvalue weighted by molar-refractivity contribution is -0.118. The fraction of sp³-hybridized carbons (Fsp3) is 0.824. The Kier molecular flexibility index (Phi) is 6.86. The Morgan fingerprint density at radius 3 is 2.68 bits per heavy atom. The van der Waals surface area contributed by atoms with Gasteiger partial charge in [0.05, 0.1) is 18.8 Å². The van der Waals surface area contributed by atoms with Gasteiger partial charge in [-0.2, -0.15) is 0 Å². The fourth-order valence-corrected chi connectivity index (χ4v) is 3.18. The van der Waals surface area contributed by atoms with Crippen LogP contribution in [-0.2, 0) is 9.53 Å². The van der Waals surface area contributed by atoms with Gasteiger partial charge in [0, 0.05) is 26.2 Å². The molecule has 22 heavy (non-hydrogen) atoms. The molecule has 2 N–H and O–H groups in total. The molecule has 5 nitrogen and oxygen atoms in total. The van der Waals surface area contributed by atoms with Gasteiger partial charge in [0.25, 0.3) is 0 Å². The molecular weight excluding hydrogens is 280 g/mol. The Hall–Kier alpha value is -0.910. The third-order valence-electron chi connectivity index (χ3n) is 4.48. The van der Waals surface area contributed by atoms with E-state index in [9.17, 15) is 9.90 Å². The molecule has 1 atom stereocenters. The average molecular weight is 310 g/mol. The summed E-state index contributed by atoms with van der Waals surface area (Å²) in [6.45, 7) is 5.71. The van der Waals surface area contributed by atoms with E-state index in [0.717, 1.165) is 13.1 Å². The van der Waals surface area contributed by atoms with Crippen molar-refractivity contribution in [2.75, 3.05) is 39.4 Å². The molecule has 2 aliphatic rings. The number of carbonyl (C=O) groups excluding carboxylic acids is 1. The Balaban J connectivity index is 1.68. The molecule has 1 aliphatic heterocycles. The van der Waals surface area contributed by atoms with Crippen molar-refractivity contribution in [1.29, 1.82) is 0 Å². The molecule has 0 aromatic heterocycles. The predicted octanol–water partition coefficient (Wildman–Crippen LogP) is 1.32. The highest BCUT2D eigenvalue weighted by atomic mass is 16.5. The zero-order valence-electron chi connectivity index (χ0n) is 13.7. The molecule has 1 heterocycles. The topological polar surface area (TPSA) is 61.8 Å². The van der Waals surface area contributed by atoms with Crippen molar-refractivity contribution in [2.45, 2.75) is 44.6 Å². The molecule has 1 saturated heterocycles. The number of aliphatic hydroxyl groups is 1. The number of nitrogens with zero attached hydrogens (tertiary/aromatic N) is 1. The summed E-state index contributed by atoms with van der Waals surface area (Å²) < 4.78 is 5.30. The van der Waals surface area contributed by atoms with Crippen molar-refractivity contribution < 1.29 is 14.6 Å². The predicted molar refractivity (Wildman–Crippen MR) is 86.6 cm³/mol. The van der Waals surface area contributed by atoms with Crippen molar-refractivity contribution in [3.8, 4) is 0 Å². The van der Waals surface area contributed by atoms with E-state index in [0.29, 0.717) is 25.7 Å². The van der Waals surface area contributed by atoms with Crippen molar-refractivity contribution in [3.05, 3.63) is 12.2 Å². The Morgan fingerprint density at radius 2 is 2.00 bits per heavy atom. The highest BCUT2D eigenvalue weighted by molar-refractivity contribution is 5.87. The number of ether oxygens (including phenoxy) is 1. The van der Waals surface area contributed by atoms with E-state index < -0.39 is 5.60 Å². The number of amides is 1. The highest BCUT2D eigenvalue weighted by Crippen LogP contribution is 2.24. The third-order valence-corrected chi connectivity index (χ3v) is 4.48. The number of hydrogen-bond donors (Lipinski definition) is 2. The van der Waals surface area contributed by atoms with Gasteiger partial charge in [-0.1, -0.05) is 25.3 Å². The summed E-state index contributed by atoms with van der Waals surface area (Å²) in [4.78, 5) is 14.1. The van der Waals surface area contributed by atoms with Gasteiger partial charge in [-0.05, 0) is 31.8 Å². The van der Waals surface area contributed by atoms with Gasteiger partial charge in [-0.25, -0.2) is 0 Å². The van der Waals surface area contributed by atoms with Crippen molar-refractivity contribution in [2.24, 2.45) is 5.92 Å². The van der Waals surface area contributed by atoms with E-state index in [-0.39, 0.29) is 12.5 Å². The number of allylic oxidation sites excluding steroid dienone is 1. The van der Waals surface area contributed by atoms with Crippen LogP contribution < -0.4 is 5.32 Å². The molecule has 126 valence electrons. The molecule has 2 rings (SSSR count). The van der Waals surface area contributed by atoms with Gasteiger partial charge in [0.1, 0.15) is 0 Å². The van der Waals surface area contributed by atoms with Crippen LogP contribution in [0, 0.1) is 5.92 Å². The fourth-order valence-electron chi connectivity index (χ4n) is 3.18. The van der Waals surface area contributed by atoms with Crippen molar-refractivity contribution >= 4 is 5.91 Å². The molecule has 1 amide bonds. The molecule has 0 aromatic carbocycles. The molecule has 0 aromatic rings. The highest BCUT2D eigenvalue weighted by Gasteiger charge is 2.25. The number of nitrogens with one attached hydrogen (secondary N) is 1. The summed E-state index contributed by atoms with van der Waals surface area (Å²) in [5.74, 6) is 0.446. The minimum absolute atomic E-state index is 0.104. The van der Waals surface area contributed by atoms with Crippen LogP contribution in [0.2, 0.25) is 0 Å². The van der Waals surface area contributed by atoms with Gasteiger partial charge in [-0.15, -0.1) is 0 Å². The van der Waals surface area contributed by atoms with E-state index in [2.05, 4.69) is 10.2 Å². The standard InChI is InChI=1S/C17H30N2O3/c1-17(21,14-19-9-11-22-12-10-19)13-18-16(20)8-7-15-5-3-2-4-6-15/h7-8,15,21H,2-6,9-14H2,1H3,(H,18,20). The summed E-state index contributed by atoms with van der Waals surface area (Å²) in [6, 6.07) is 0. The molecule has 1 unspecified atom stereocenters. The van der Waals surface area contributed by atoms with Crippen LogP contribution in [0.4, 0.5) is 0 Å². The van der Waals surface area contributed by atoms with Crippen LogP contribution in [0.25, 0.3) is 0 Å². The monoisotopic (exact) mass is 310 g/mol. The van der Waals surface area contributed by atoms with Crippen LogP contribution >= 0.6 is 0 Å². The lowest BCUT2D eigenvalue weighted by Crippen LogP contribution is -2.51. The van der Waals surface area contributed by atoms with E-state index >= 15 is 0 Å². The largest absolute Gasteiger partial charge is 0.387 e. The second-order valence-electron chi connectivity index (χ2n) is 6.86. The maximum Gasteiger partial charge on any atom is 0.243 e. The maximum atomic E-state index is 11.9. The van der Waals surface area contributed by atoms with Gasteiger partial charge in [0.15, 0.2) is 0 Å². The normalized spacial score (nSPS) is 24.3. The van der Waals surface area contributed by atoms with Crippen LogP contribution in [0.15, 0.2) is 12.2 Å². The first kappa shape index (κ1) is 17.4. The summed E-state index contributed by atoms with van der Waals surface area (Å²) in [6.07, 6.45) is 9.92. The molecule has 1 aliphatic carbocycles. The quantitative estimate of drug-likeness (QED) is 0.727. The van der Waals surface area contributed by atoms with Gasteiger partial charge >= 0.3 is 0 Å². The second-order valence-corrected chi connectivity index (χ2v) is 6.86. The average Bonchev–Trinajstić information content (AvgIpc) is 2.53. The number of hydrogen-bond acceptors (Lipinski definition) is 4. The molecular formula is C17H30N2O3. The lowest BCUT2D eigenvalue weighted by Gasteiger charge is -2.33. The maximum absolute atomic E-state index is 11.9.